The van der Waals surface area contributed by atoms with Gasteiger partial charge in [0.25, 0.3) is 0 Å². The van der Waals surface area contributed by atoms with Crippen LogP contribution >= 0.6 is 11.8 Å². The molecular formula is C17H25NS. The van der Waals surface area contributed by atoms with Crippen LogP contribution in [0.25, 0.3) is 0 Å². The Morgan fingerprint density at radius 2 is 2.21 bits per heavy atom. The van der Waals surface area contributed by atoms with E-state index < -0.39 is 0 Å². The molecule has 0 heterocycles. The molecule has 0 spiro atoms. The minimum absolute atomic E-state index is 0.999. The molecule has 19 heavy (non-hydrogen) atoms. The van der Waals surface area contributed by atoms with Crippen LogP contribution in [-0.2, 0) is 6.54 Å². The molecule has 2 aliphatic carbocycles. The van der Waals surface area contributed by atoms with Crippen molar-refractivity contribution in [3.63, 3.8) is 0 Å². The standard InChI is InChI=1S/C17H25NS/c1-2-18-11-14-4-3-5-17(10-14)19-12-16-9-13-6-7-15(16)8-13/h3-5,10,13,15-16,18H,2,6-9,11-12H2,1H3. The van der Waals surface area contributed by atoms with E-state index in [9.17, 15) is 0 Å². The van der Waals surface area contributed by atoms with Crippen LogP contribution in [-0.4, -0.2) is 12.3 Å². The minimum atomic E-state index is 0.999. The Hall–Kier alpha value is -0.470. The summed E-state index contributed by atoms with van der Waals surface area (Å²) in [6.45, 7) is 4.20. The molecule has 0 aliphatic heterocycles. The fourth-order valence-electron chi connectivity index (χ4n) is 3.80. The normalized spacial score (nSPS) is 29.0. The predicted molar refractivity (Wildman–Crippen MR) is 83.5 cm³/mol. The number of hydrogen-bond donors (Lipinski definition) is 1. The van der Waals surface area contributed by atoms with Crippen molar-refractivity contribution in [1.82, 2.24) is 5.32 Å². The molecule has 1 aromatic carbocycles. The van der Waals surface area contributed by atoms with E-state index in [0.717, 1.165) is 30.8 Å². The minimum Gasteiger partial charge on any atom is -0.313 e. The van der Waals surface area contributed by atoms with E-state index in [4.69, 9.17) is 0 Å². The third-order valence-electron chi connectivity index (χ3n) is 4.83. The summed E-state index contributed by atoms with van der Waals surface area (Å²) in [5, 5.41) is 3.40. The second-order valence-electron chi connectivity index (χ2n) is 6.17. The Balaban J connectivity index is 1.52. The maximum absolute atomic E-state index is 3.40. The van der Waals surface area contributed by atoms with Crippen LogP contribution in [0.1, 0.15) is 38.2 Å². The van der Waals surface area contributed by atoms with Gasteiger partial charge in [0.1, 0.15) is 0 Å². The average molecular weight is 275 g/mol. The van der Waals surface area contributed by atoms with Crippen molar-refractivity contribution in [2.45, 2.75) is 44.0 Å². The number of nitrogens with one attached hydrogen (secondary N) is 1. The summed E-state index contributed by atoms with van der Waals surface area (Å²) >= 11 is 2.08. The van der Waals surface area contributed by atoms with E-state index in [1.165, 1.54) is 41.9 Å². The summed E-state index contributed by atoms with van der Waals surface area (Å²) in [5.41, 5.74) is 1.42. The highest BCUT2D eigenvalue weighted by molar-refractivity contribution is 7.99. The highest BCUT2D eigenvalue weighted by atomic mass is 32.2. The quantitative estimate of drug-likeness (QED) is 0.776. The Bertz CT molecular complexity index is 417. The maximum atomic E-state index is 3.40. The number of rotatable bonds is 6. The molecule has 2 saturated carbocycles. The fourth-order valence-corrected chi connectivity index (χ4v) is 5.02. The van der Waals surface area contributed by atoms with Gasteiger partial charge in [0, 0.05) is 17.2 Å². The van der Waals surface area contributed by atoms with Crippen LogP contribution in [0.2, 0.25) is 0 Å². The van der Waals surface area contributed by atoms with Gasteiger partial charge in [-0.05, 0) is 61.3 Å². The van der Waals surface area contributed by atoms with Gasteiger partial charge in [-0.1, -0.05) is 25.5 Å². The number of fused-ring (bicyclic) bond motifs is 2. The first-order valence-corrected chi connectivity index (χ1v) is 8.76. The third kappa shape index (κ3) is 3.35. The van der Waals surface area contributed by atoms with Crippen LogP contribution in [0, 0.1) is 17.8 Å². The zero-order valence-electron chi connectivity index (χ0n) is 11.9. The lowest BCUT2D eigenvalue weighted by molar-refractivity contribution is 0.365. The summed E-state index contributed by atoms with van der Waals surface area (Å²) in [5.74, 6) is 4.48. The van der Waals surface area contributed by atoms with Gasteiger partial charge in [-0.2, -0.15) is 0 Å². The lowest BCUT2D eigenvalue weighted by Crippen LogP contribution is -2.13. The van der Waals surface area contributed by atoms with Gasteiger partial charge < -0.3 is 5.32 Å². The number of benzene rings is 1. The van der Waals surface area contributed by atoms with Crippen molar-refractivity contribution in [2.24, 2.45) is 17.8 Å². The van der Waals surface area contributed by atoms with Crippen LogP contribution in [0.5, 0.6) is 0 Å². The summed E-state index contributed by atoms with van der Waals surface area (Å²) in [4.78, 5) is 1.46. The van der Waals surface area contributed by atoms with Gasteiger partial charge in [0.05, 0.1) is 0 Å². The molecule has 2 fully saturated rings. The molecule has 0 saturated heterocycles. The zero-order chi connectivity index (χ0) is 13.1. The topological polar surface area (TPSA) is 12.0 Å². The van der Waals surface area contributed by atoms with Gasteiger partial charge >= 0.3 is 0 Å². The molecule has 2 aliphatic rings. The van der Waals surface area contributed by atoms with E-state index in [-0.39, 0.29) is 0 Å². The molecule has 3 atom stereocenters. The Morgan fingerprint density at radius 1 is 1.26 bits per heavy atom. The summed E-state index contributed by atoms with van der Waals surface area (Å²) in [6, 6.07) is 9.06. The van der Waals surface area contributed by atoms with Gasteiger partial charge in [-0.3, -0.25) is 0 Å². The third-order valence-corrected chi connectivity index (χ3v) is 6.01. The Morgan fingerprint density at radius 3 is 2.95 bits per heavy atom. The lowest BCUT2D eigenvalue weighted by Gasteiger charge is -2.21. The molecule has 1 N–H and O–H groups in total. The van der Waals surface area contributed by atoms with Crippen LogP contribution < -0.4 is 5.32 Å². The molecule has 0 aromatic heterocycles. The monoisotopic (exact) mass is 275 g/mol. The average Bonchev–Trinajstić information content (AvgIpc) is 3.06. The van der Waals surface area contributed by atoms with Gasteiger partial charge in [-0.15, -0.1) is 11.8 Å². The predicted octanol–water partition coefficient (Wildman–Crippen LogP) is 4.32. The molecule has 3 unspecified atom stereocenters. The van der Waals surface area contributed by atoms with Crippen LogP contribution in [0.15, 0.2) is 29.2 Å². The lowest BCUT2D eigenvalue weighted by atomic mass is 9.90. The highest BCUT2D eigenvalue weighted by Gasteiger charge is 2.39. The molecule has 1 nitrogen and oxygen atoms in total. The highest BCUT2D eigenvalue weighted by Crippen LogP contribution is 2.49. The fraction of sp³-hybridized carbons (Fsp3) is 0.647. The van der Waals surface area contributed by atoms with E-state index in [2.05, 4.69) is 48.3 Å². The molecule has 0 amide bonds. The van der Waals surface area contributed by atoms with Gasteiger partial charge in [0.2, 0.25) is 0 Å². The summed E-state index contributed by atoms with van der Waals surface area (Å²) in [6.07, 6.45) is 6.07. The first-order valence-electron chi connectivity index (χ1n) is 7.77. The first-order chi connectivity index (χ1) is 9.35. The van der Waals surface area contributed by atoms with Crippen LogP contribution in [0.3, 0.4) is 0 Å². The van der Waals surface area contributed by atoms with Gasteiger partial charge in [0.15, 0.2) is 0 Å². The van der Waals surface area contributed by atoms with Crippen molar-refractivity contribution in [2.75, 3.05) is 12.3 Å². The van der Waals surface area contributed by atoms with E-state index in [0.29, 0.717) is 0 Å². The van der Waals surface area contributed by atoms with E-state index in [1.54, 1.807) is 0 Å². The Labute approximate surface area is 121 Å². The maximum Gasteiger partial charge on any atom is 0.0205 e. The smallest absolute Gasteiger partial charge is 0.0205 e. The molecule has 104 valence electrons. The van der Waals surface area contributed by atoms with Crippen molar-refractivity contribution < 1.29 is 0 Å². The van der Waals surface area contributed by atoms with Crippen LogP contribution in [0.4, 0.5) is 0 Å². The molecule has 3 rings (SSSR count). The van der Waals surface area contributed by atoms with Crippen molar-refractivity contribution in [3.8, 4) is 0 Å². The number of hydrogen-bond acceptors (Lipinski definition) is 2. The summed E-state index contributed by atoms with van der Waals surface area (Å²) < 4.78 is 0. The molecule has 2 bridgehead atoms. The number of thioether (sulfide) groups is 1. The Kier molecular flexibility index (Phi) is 4.49. The summed E-state index contributed by atoms with van der Waals surface area (Å²) in [7, 11) is 0. The second-order valence-corrected chi connectivity index (χ2v) is 7.27. The zero-order valence-corrected chi connectivity index (χ0v) is 12.7. The van der Waals surface area contributed by atoms with Crippen molar-refractivity contribution in [3.05, 3.63) is 29.8 Å². The molecular weight excluding hydrogens is 250 g/mol. The molecule has 0 radical (unpaired) electrons. The van der Waals surface area contributed by atoms with Gasteiger partial charge in [-0.25, -0.2) is 0 Å². The SMILES string of the molecule is CCNCc1cccc(SCC2CC3CCC2C3)c1. The van der Waals surface area contributed by atoms with Crippen molar-refractivity contribution in [1.29, 1.82) is 0 Å². The second kappa shape index (κ2) is 6.32. The molecule has 1 aromatic rings. The molecule has 2 heteroatoms. The van der Waals surface area contributed by atoms with Crippen molar-refractivity contribution >= 4 is 11.8 Å². The van der Waals surface area contributed by atoms with E-state index in [1.807, 2.05) is 0 Å². The largest absolute Gasteiger partial charge is 0.313 e. The first kappa shape index (κ1) is 13.5. The van der Waals surface area contributed by atoms with E-state index >= 15 is 0 Å².